The van der Waals surface area contributed by atoms with Crippen molar-refractivity contribution in [3.8, 4) is 5.75 Å². The lowest BCUT2D eigenvalue weighted by Crippen LogP contribution is -2.57. The molecule has 34 heavy (non-hydrogen) atoms. The highest BCUT2D eigenvalue weighted by Crippen LogP contribution is 2.52. The van der Waals surface area contributed by atoms with Gasteiger partial charge in [-0.25, -0.2) is 4.79 Å². The fourth-order valence-corrected chi connectivity index (χ4v) is 5.33. The minimum absolute atomic E-state index is 0.0231. The molecule has 0 radical (unpaired) electrons. The number of carbonyl (C=O) groups is 4. The number of methoxy groups -OCH3 is 1. The molecule has 2 unspecified atom stereocenters. The van der Waals surface area contributed by atoms with Crippen LogP contribution in [0.5, 0.6) is 5.75 Å². The van der Waals surface area contributed by atoms with E-state index in [1.54, 1.807) is 19.0 Å². The van der Waals surface area contributed by atoms with E-state index in [2.05, 4.69) is 0 Å². The number of ketones is 2. The van der Waals surface area contributed by atoms with Crippen molar-refractivity contribution in [2.75, 3.05) is 26.1 Å². The molecule has 0 aliphatic heterocycles. The molecule has 3 aliphatic carbocycles. The second-order valence-corrected chi connectivity index (χ2v) is 8.94. The van der Waals surface area contributed by atoms with Gasteiger partial charge in [-0.15, -0.1) is 0 Å². The molecule has 1 aromatic carbocycles. The van der Waals surface area contributed by atoms with Gasteiger partial charge in [0.1, 0.15) is 28.4 Å². The van der Waals surface area contributed by atoms with Crippen molar-refractivity contribution in [3.05, 3.63) is 45.4 Å². The van der Waals surface area contributed by atoms with Crippen LogP contribution in [-0.2, 0) is 20.7 Å². The van der Waals surface area contributed by atoms with E-state index >= 15 is 0 Å². The maximum absolute atomic E-state index is 13.6. The number of nitrogens with two attached hydrogens (primary N) is 1. The number of amides is 1. The predicted molar refractivity (Wildman–Crippen MR) is 116 cm³/mol. The van der Waals surface area contributed by atoms with Crippen molar-refractivity contribution in [3.63, 3.8) is 0 Å². The minimum Gasteiger partial charge on any atom is -0.511 e. The highest BCUT2D eigenvalue weighted by molar-refractivity contribution is 6.24. The van der Waals surface area contributed by atoms with E-state index in [1.165, 1.54) is 6.07 Å². The molecule has 11 heteroatoms. The number of phenols is 1. The van der Waals surface area contributed by atoms with Crippen LogP contribution in [0.4, 0.5) is 5.69 Å². The maximum atomic E-state index is 13.6. The number of carbonyl (C=O) groups excluding carboxylic acids is 4. The van der Waals surface area contributed by atoms with Gasteiger partial charge in [0.25, 0.3) is 5.91 Å². The first-order valence-electron chi connectivity index (χ1n) is 10.5. The summed E-state index contributed by atoms with van der Waals surface area (Å²) in [5.41, 5.74) is 1.79. The average Bonchev–Trinajstić information content (AvgIpc) is 2.75. The largest absolute Gasteiger partial charge is 0.511 e. The predicted octanol–water partition coefficient (Wildman–Crippen LogP) is 0.433. The number of Topliss-reactive ketones (excluding diaryl/α,β-unsaturated/α-hetero) is 2. The van der Waals surface area contributed by atoms with Gasteiger partial charge >= 0.3 is 5.97 Å². The average molecular weight is 472 g/mol. The lowest BCUT2D eigenvalue weighted by Gasteiger charge is -2.45. The number of anilines is 1. The van der Waals surface area contributed by atoms with Crippen LogP contribution in [0, 0.1) is 11.8 Å². The Kier molecular flexibility index (Phi) is 5.20. The van der Waals surface area contributed by atoms with E-state index in [4.69, 9.17) is 10.5 Å². The molecule has 0 aromatic heterocycles. The molecule has 1 amide bonds. The lowest BCUT2D eigenvalue weighted by molar-refractivity contribution is -0.144. The van der Waals surface area contributed by atoms with Crippen LogP contribution in [0.25, 0.3) is 0 Å². The Morgan fingerprint density at radius 1 is 1.18 bits per heavy atom. The van der Waals surface area contributed by atoms with Crippen LogP contribution in [0.3, 0.4) is 0 Å². The minimum atomic E-state index is -2.64. The number of ether oxygens (including phenoxy) is 1. The van der Waals surface area contributed by atoms with Gasteiger partial charge in [-0.3, -0.25) is 14.4 Å². The fourth-order valence-electron chi connectivity index (χ4n) is 5.33. The van der Waals surface area contributed by atoms with Crippen molar-refractivity contribution in [1.82, 2.24) is 0 Å². The highest BCUT2D eigenvalue weighted by atomic mass is 16.5. The van der Waals surface area contributed by atoms with Crippen molar-refractivity contribution in [2.24, 2.45) is 17.6 Å². The van der Waals surface area contributed by atoms with Gasteiger partial charge in [-0.2, -0.15) is 0 Å². The number of hydrogen-bond donors (Lipinski definition) is 5. The van der Waals surface area contributed by atoms with Gasteiger partial charge in [0.05, 0.1) is 12.7 Å². The second kappa shape index (κ2) is 7.59. The first-order chi connectivity index (χ1) is 15.9. The number of benzene rings is 1. The molecular formula is C23H24N2O9. The number of nitrogens with zero attached hydrogens (tertiary/aromatic N) is 1. The summed E-state index contributed by atoms with van der Waals surface area (Å²) in [5.74, 6) is -8.17. The lowest BCUT2D eigenvalue weighted by atomic mass is 9.60. The molecule has 4 rings (SSSR count). The third kappa shape index (κ3) is 2.93. The highest BCUT2D eigenvalue weighted by Gasteiger charge is 2.59. The third-order valence-corrected chi connectivity index (χ3v) is 6.93. The van der Waals surface area contributed by atoms with E-state index in [0.29, 0.717) is 11.3 Å². The molecule has 0 heterocycles. The summed E-state index contributed by atoms with van der Waals surface area (Å²) in [6.45, 7) is 0. The standard InChI is InChI=1S/C23H24N2O9/c1-25(2)12-7-11(22(32)34-3)17(27)15-10(12)5-8-4-9-6-13(26)16(21(24)31)20(30)23(9,33)19(29)14(8)18(15)28/h7-9,26-27,29,33H,4-6H2,1-3H3,(H2,24,31)/t8?,9?,23-/m0/s1. The molecular weight excluding hydrogens is 448 g/mol. The van der Waals surface area contributed by atoms with Crippen LogP contribution in [0.2, 0.25) is 0 Å². The normalized spacial score (nSPS) is 26.0. The number of allylic oxidation sites excluding steroid dienone is 2. The molecule has 11 nitrogen and oxygen atoms in total. The van der Waals surface area contributed by atoms with Gasteiger partial charge in [0.15, 0.2) is 11.4 Å². The number of rotatable bonds is 3. The van der Waals surface area contributed by atoms with Crippen LogP contribution >= 0.6 is 0 Å². The smallest absolute Gasteiger partial charge is 0.341 e. The number of aliphatic hydroxyl groups is 3. The topological polar surface area (TPSA) is 188 Å². The number of phenolic OH excluding ortho intramolecular Hbond substituents is 1. The molecule has 6 N–H and O–H groups in total. The number of fused-ring (bicyclic) bond motifs is 3. The number of aliphatic hydroxyl groups excluding tert-OH is 2. The van der Waals surface area contributed by atoms with Crippen LogP contribution in [-0.4, -0.2) is 70.7 Å². The first kappa shape index (κ1) is 23.3. The fraction of sp³-hybridized carbons (Fsp3) is 0.391. The molecule has 1 aromatic rings. The molecule has 0 saturated heterocycles. The van der Waals surface area contributed by atoms with Gasteiger partial charge in [-0.1, -0.05) is 0 Å². The number of primary amides is 1. The van der Waals surface area contributed by atoms with Gasteiger partial charge in [0.2, 0.25) is 5.78 Å². The molecule has 3 aliphatic rings. The Labute approximate surface area is 193 Å². The zero-order valence-corrected chi connectivity index (χ0v) is 18.7. The summed E-state index contributed by atoms with van der Waals surface area (Å²) in [6, 6.07) is 1.40. The van der Waals surface area contributed by atoms with E-state index < -0.39 is 63.7 Å². The van der Waals surface area contributed by atoms with Crippen molar-refractivity contribution < 1.29 is 44.3 Å². The molecule has 0 saturated carbocycles. The van der Waals surface area contributed by atoms with Gasteiger partial charge in [0, 0.05) is 37.7 Å². The zero-order valence-electron chi connectivity index (χ0n) is 18.7. The van der Waals surface area contributed by atoms with Gasteiger partial charge < -0.3 is 35.8 Å². The van der Waals surface area contributed by atoms with E-state index in [1.807, 2.05) is 0 Å². The number of esters is 1. The van der Waals surface area contributed by atoms with Gasteiger partial charge in [-0.05, 0) is 30.4 Å². The monoisotopic (exact) mass is 472 g/mol. The second-order valence-electron chi connectivity index (χ2n) is 8.94. The van der Waals surface area contributed by atoms with Crippen LogP contribution < -0.4 is 10.6 Å². The molecule has 180 valence electrons. The summed E-state index contributed by atoms with van der Waals surface area (Å²) in [7, 11) is 4.50. The zero-order chi connectivity index (χ0) is 25.3. The Morgan fingerprint density at radius 3 is 2.38 bits per heavy atom. The Hall–Kier alpha value is -3.86. The van der Waals surface area contributed by atoms with E-state index in [0.717, 1.165) is 7.11 Å². The first-order valence-corrected chi connectivity index (χ1v) is 10.5. The molecule has 0 bridgehead atoms. The number of hydrogen-bond acceptors (Lipinski definition) is 10. The molecule has 0 spiro atoms. The Bertz CT molecular complexity index is 1240. The SMILES string of the molecule is COC(=O)c1cc(N(C)C)c2c(c1O)C(=O)C1=C(O)[C@]3(O)C(=O)C(C(N)=O)=C(O)CC3CC1C2. The van der Waals surface area contributed by atoms with Crippen LogP contribution in [0.15, 0.2) is 28.7 Å². The summed E-state index contributed by atoms with van der Waals surface area (Å²) >= 11 is 0. The quantitative estimate of drug-likeness (QED) is 0.305. The van der Waals surface area contributed by atoms with Crippen molar-refractivity contribution in [1.29, 1.82) is 0 Å². The summed E-state index contributed by atoms with van der Waals surface area (Å²) in [4.78, 5) is 52.2. The Balaban J connectivity index is 1.96. The summed E-state index contributed by atoms with van der Waals surface area (Å²) in [6.07, 6.45) is -0.144. The Morgan fingerprint density at radius 2 is 1.82 bits per heavy atom. The third-order valence-electron chi connectivity index (χ3n) is 6.93. The van der Waals surface area contributed by atoms with E-state index in [-0.39, 0.29) is 36.0 Å². The van der Waals surface area contributed by atoms with Crippen molar-refractivity contribution >= 4 is 29.1 Å². The molecule has 0 fully saturated rings. The summed E-state index contributed by atoms with van der Waals surface area (Å²) < 4.78 is 4.70. The van der Waals surface area contributed by atoms with Crippen molar-refractivity contribution in [2.45, 2.75) is 24.9 Å². The molecule has 3 atom stereocenters. The summed E-state index contributed by atoms with van der Waals surface area (Å²) in [5, 5.41) is 43.3. The maximum Gasteiger partial charge on any atom is 0.341 e. The van der Waals surface area contributed by atoms with E-state index in [9.17, 15) is 39.6 Å². The van der Waals surface area contributed by atoms with Crippen LogP contribution in [0.1, 0.15) is 39.1 Å². The number of aromatic hydroxyl groups is 1.